The van der Waals surface area contributed by atoms with Gasteiger partial charge >= 0.3 is 5.97 Å². The molecule has 4 nitrogen and oxygen atoms in total. The number of carboxylic acids is 1. The van der Waals surface area contributed by atoms with Crippen molar-refractivity contribution < 1.29 is 14.7 Å². The molecule has 1 aromatic rings. The molecule has 0 saturated heterocycles. The van der Waals surface area contributed by atoms with E-state index in [4.69, 9.17) is 16.7 Å². The van der Waals surface area contributed by atoms with Crippen molar-refractivity contribution in [3.8, 4) is 0 Å². The maximum absolute atomic E-state index is 11.9. The molecule has 2 N–H and O–H groups in total. The molecule has 1 aliphatic rings. The summed E-state index contributed by atoms with van der Waals surface area (Å²) in [6, 6.07) is 4.88. The summed E-state index contributed by atoms with van der Waals surface area (Å²) < 4.78 is 0.715. The lowest BCUT2D eigenvalue weighted by atomic mass is 9.69. The molecule has 0 unspecified atom stereocenters. The van der Waals surface area contributed by atoms with Crippen LogP contribution in [0.1, 0.15) is 29.6 Å². The fourth-order valence-electron chi connectivity index (χ4n) is 2.06. The van der Waals surface area contributed by atoms with Gasteiger partial charge in [-0.15, -0.1) is 0 Å². The average molecular weight is 347 g/mol. The maximum Gasteiger partial charge on any atom is 0.311 e. The average Bonchev–Trinajstić information content (AvgIpc) is 2.30. The van der Waals surface area contributed by atoms with Crippen molar-refractivity contribution in [2.75, 3.05) is 6.54 Å². The first kappa shape index (κ1) is 14.3. The van der Waals surface area contributed by atoms with Gasteiger partial charge in [-0.25, -0.2) is 0 Å². The quantitative estimate of drug-likeness (QED) is 0.880. The van der Waals surface area contributed by atoms with Gasteiger partial charge in [-0.1, -0.05) is 18.0 Å². The molecular weight excluding hydrogens is 334 g/mol. The van der Waals surface area contributed by atoms with Crippen LogP contribution in [0.25, 0.3) is 0 Å². The molecule has 1 aliphatic carbocycles. The first-order valence-corrected chi connectivity index (χ1v) is 7.08. The van der Waals surface area contributed by atoms with Gasteiger partial charge in [0.05, 0.1) is 10.4 Å². The Morgan fingerprint density at radius 3 is 2.58 bits per heavy atom. The van der Waals surface area contributed by atoms with Crippen molar-refractivity contribution >= 4 is 39.4 Å². The van der Waals surface area contributed by atoms with Gasteiger partial charge in [0, 0.05) is 16.6 Å². The Morgan fingerprint density at radius 2 is 2.11 bits per heavy atom. The zero-order valence-electron chi connectivity index (χ0n) is 10.1. The summed E-state index contributed by atoms with van der Waals surface area (Å²) in [5, 5.41) is 12.3. The number of carboxylic acid groups (broad SMARTS) is 1. The fraction of sp³-hybridized carbons (Fsp3) is 0.385. The van der Waals surface area contributed by atoms with Crippen LogP contribution in [0.5, 0.6) is 0 Å². The van der Waals surface area contributed by atoms with Crippen molar-refractivity contribution in [3.05, 3.63) is 33.3 Å². The summed E-state index contributed by atoms with van der Waals surface area (Å²) in [5.74, 6) is -1.14. The number of hydrogen-bond donors (Lipinski definition) is 2. The molecule has 0 spiro atoms. The number of nitrogens with one attached hydrogen (secondary N) is 1. The third-order valence-electron chi connectivity index (χ3n) is 3.53. The summed E-state index contributed by atoms with van der Waals surface area (Å²) in [6.07, 6.45) is 2.12. The Labute approximate surface area is 124 Å². The Bertz CT molecular complexity index is 529. The molecule has 1 saturated carbocycles. The van der Waals surface area contributed by atoms with Crippen molar-refractivity contribution in [1.82, 2.24) is 5.32 Å². The molecule has 1 fully saturated rings. The van der Waals surface area contributed by atoms with E-state index in [-0.39, 0.29) is 12.5 Å². The minimum Gasteiger partial charge on any atom is -0.481 e. The summed E-state index contributed by atoms with van der Waals surface area (Å²) in [7, 11) is 0. The van der Waals surface area contributed by atoms with Gasteiger partial charge in [0.1, 0.15) is 0 Å². The molecule has 1 amide bonds. The van der Waals surface area contributed by atoms with Gasteiger partial charge < -0.3 is 10.4 Å². The van der Waals surface area contributed by atoms with Gasteiger partial charge in [0.25, 0.3) is 5.91 Å². The summed E-state index contributed by atoms with van der Waals surface area (Å²) in [4.78, 5) is 23.1. The second kappa shape index (κ2) is 5.51. The fourth-order valence-corrected chi connectivity index (χ4v) is 2.49. The van der Waals surface area contributed by atoms with Crippen molar-refractivity contribution in [2.45, 2.75) is 19.3 Å². The van der Waals surface area contributed by atoms with E-state index in [1.54, 1.807) is 18.2 Å². The number of rotatable bonds is 4. The highest BCUT2D eigenvalue weighted by Crippen LogP contribution is 2.40. The van der Waals surface area contributed by atoms with E-state index in [1.807, 2.05) is 0 Å². The lowest BCUT2D eigenvalue weighted by molar-refractivity contribution is -0.153. The first-order chi connectivity index (χ1) is 8.94. The number of amides is 1. The first-order valence-electron chi connectivity index (χ1n) is 5.91. The van der Waals surface area contributed by atoms with Crippen molar-refractivity contribution in [1.29, 1.82) is 0 Å². The Kier molecular flexibility index (Phi) is 4.16. The van der Waals surface area contributed by atoms with Crippen molar-refractivity contribution in [3.63, 3.8) is 0 Å². The second-order valence-electron chi connectivity index (χ2n) is 4.75. The molecule has 102 valence electrons. The highest BCUT2D eigenvalue weighted by molar-refractivity contribution is 9.10. The van der Waals surface area contributed by atoms with Gasteiger partial charge in [-0.2, -0.15) is 0 Å². The minimum atomic E-state index is -0.840. The van der Waals surface area contributed by atoms with Crippen LogP contribution in [0.15, 0.2) is 22.7 Å². The smallest absolute Gasteiger partial charge is 0.311 e. The van der Waals surface area contributed by atoms with E-state index >= 15 is 0 Å². The summed E-state index contributed by atoms with van der Waals surface area (Å²) in [6.45, 7) is 0.162. The number of halogens is 2. The van der Waals surface area contributed by atoms with Crippen LogP contribution >= 0.6 is 27.5 Å². The number of hydrogen-bond acceptors (Lipinski definition) is 2. The molecule has 1 aromatic carbocycles. The van der Waals surface area contributed by atoms with E-state index < -0.39 is 11.4 Å². The molecule has 19 heavy (non-hydrogen) atoms. The summed E-state index contributed by atoms with van der Waals surface area (Å²) in [5.41, 5.74) is -0.359. The van der Waals surface area contributed by atoms with E-state index in [0.717, 1.165) is 6.42 Å². The predicted molar refractivity (Wildman–Crippen MR) is 75.4 cm³/mol. The van der Waals surface area contributed by atoms with Gasteiger partial charge in [0.15, 0.2) is 0 Å². The van der Waals surface area contributed by atoms with Crippen LogP contribution in [-0.4, -0.2) is 23.5 Å². The Balaban J connectivity index is 2.01. The number of aliphatic carboxylic acids is 1. The van der Waals surface area contributed by atoms with Crippen molar-refractivity contribution in [2.24, 2.45) is 5.41 Å². The zero-order chi connectivity index (χ0) is 14.0. The second-order valence-corrected chi connectivity index (χ2v) is 6.01. The molecule has 6 heteroatoms. The molecule has 0 aliphatic heterocycles. The monoisotopic (exact) mass is 345 g/mol. The minimum absolute atomic E-state index is 0.162. The van der Waals surface area contributed by atoms with Crippen LogP contribution in [0.4, 0.5) is 0 Å². The highest BCUT2D eigenvalue weighted by atomic mass is 79.9. The van der Waals surface area contributed by atoms with E-state index in [9.17, 15) is 9.59 Å². The molecule has 0 atom stereocenters. The lowest BCUT2D eigenvalue weighted by Crippen LogP contribution is -2.47. The third kappa shape index (κ3) is 2.92. The lowest BCUT2D eigenvalue weighted by Gasteiger charge is -2.37. The SMILES string of the molecule is O=C(NCC1(C(=O)O)CCC1)c1ccc(Br)c(Cl)c1. The molecule has 2 rings (SSSR count). The summed E-state index contributed by atoms with van der Waals surface area (Å²) >= 11 is 9.16. The molecule has 0 radical (unpaired) electrons. The van der Waals surface area contributed by atoms with E-state index in [0.29, 0.717) is 27.9 Å². The third-order valence-corrected chi connectivity index (χ3v) is 4.77. The van der Waals surface area contributed by atoms with Gasteiger partial charge in [0.2, 0.25) is 0 Å². The topological polar surface area (TPSA) is 66.4 Å². The molecular formula is C13H13BrClNO3. The molecule has 0 bridgehead atoms. The van der Waals surface area contributed by atoms with Crippen LogP contribution < -0.4 is 5.32 Å². The Hall–Kier alpha value is -1.07. The zero-order valence-corrected chi connectivity index (χ0v) is 12.4. The largest absolute Gasteiger partial charge is 0.481 e. The van der Waals surface area contributed by atoms with Crippen LogP contribution in [0.3, 0.4) is 0 Å². The predicted octanol–water partition coefficient (Wildman–Crippen LogP) is 3.09. The van der Waals surface area contributed by atoms with Crippen LogP contribution in [-0.2, 0) is 4.79 Å². The van der Waals surface area contributed by atoms with E-state index in [2.05, 4.69) is 21.2 Å². The van der Waals surface area contributed by atoms with E-state index in [1.165, 1.54) is 0 Å². The van der Waals surface area contributed by atoms with Crippen LogP contribution in [0.2, 0.25) is 5.02 Å². The number of carbonyl (C=O) groups excluding carboxylic acids is 1. The standard InChI is InChI=1S/C13H13BrClNO3/c14-9-3-2-8(6-10(9)15)11(17)16-7-13(12(18)19)4-1-5-13/h2-3,6H,1,4-5,7H2,(H,16,17)(H,18,19). The maximum atomic E-state index is 11.9. The highest BCUT2D eigenvalue weighted by Gasteiger charge is 2.44. The number of benzene rings is 1. The van der Waals surface area contributed by atoms with Gasteiger partial charge in [-0.3, -0.25) is 9.59 Å². The molecule has 0 heterocycles. The van der Waals surface area contributed by atoms with Crippen LogP contribution in [0, 0.1) is 5.41 Å². The normalized spacial score (nSPS) is 16.5. The Morgan fingerprint density at radius 1 is 1.42 bits per heavy atom. The number of carbonyl (C=O) groups is 2. The molecule has 0 aromatic heterocycles. The van der Waals surface area contributed by atoms with Gasteiger partial charge in [-0.05, 0) is 47.0 Å².